The number of benzene rings is 2. The SMILES string of the molecule is CC1CCN(C(=O)N2C[C@@H](c3ccc(C(F)(C(F)(F)F)C(F)(F)F)cc3)[C@@](C)(c3ccc(F)cc3)C2)C1. The average Bonchev–Trinajstić information content (AvgIpc) is 3.41. The molecular weight excluding hydrogens is 508 g/mol. The molecule has 1 unspecified atom stereocenters. The van der Waals surface area contributed by atoms with E-state index in [9.17, 15) is 39.9 Å². The highest BCUT2D eigenvalue weighted by Gasteiger charge is 2.73. The molecule has 37 heavy (non-hydrogen) atoms. The molecule has 0 spiro atoms. The zero-order valence-corrected chi connectivity index (χ0v) is 20.1. The fourth-order valence-electron chi connectivity index (χ4n) is 5.48. The van der Waals surface area contributed by atoms with Crippen molar-refractivity contribution < 1.29 is 39.9 Å². The lowest BCUT2D eigenvalue weighted by molar-refractivity contribution is -0.348. The van der Waals surface area contributed by atoms with Crippen molar-refractivity contribution in [2.24, 2.45) is 5.92 Å². The molecule has 4 rings (SSSR count). The molecule has 3 atom stereocenters. The first kappa shape index (κ1) is 27.2. The van der Waals surface area contributed by atoms with Gasteiger partial charge in [-0.1, -0.05) is 50.2 Å². The van der Waals surface area contributed by atoms with Crippen LogP contribution in [-0.4, -0.2) is 54.4 Å². The fraction of sp³-hybridized carbons (Fsp3) is 0.500. The highest BCUT2D eigenvalue weighted by molar-refractivity contribution is 5.76. The Labute approximate surface area is 209 Å². The lowest BCUT2D eigenvalue weighted by Crippen LogP contribution is -2.50. The molecule has 2 aliphatic rings. The highest BCUT2D eigenvalue weighted by atomic mass is 19.4. The standard InChI is InChI=1S/C26H26F8N2O/c1-16-11-12-35(13-16)22(37)36-14-21(23(2,15-36)18-7-9-20(27)10-8-18)17-3-5-19(6-4-17)24(28,25(29,30)31)26(32,33)34/h3-10,16,21H,11-15H2,1-2H3/t16?,21-,23+/m0/s1. The van der Waals surface area contributed by atoms with Gasteiger partial charge in [0.05, 0.1) is 0 Å². The molecule has 0 aliphatic carbocycles. The molecule has 0 radical (unpaired) electrons. The maximum atomic E-state index is 14.5. The van der Waals surface area contributed by atoms with Crippen molar-refractivity contribution in [2.75, 3.05) is 26.2 Å². The minimum absolute atomic E-state index is 0.135. The first-order chi connectivity index (χ1) is 17.1. The Hall–Kier alpha value is -2.85. The predicted molar refractivity (Wildman–Crippen MR) is 120 cm³/mol. The number of nitrogens with zero attached hydrogens (tertiary/aromatic N) is 2. The summed E-state index contributed by atoms with van der Waals surface area (Å²) < 4.78 is 107. The molecule has 202 valence electrons. The molecule has 2 aromatic rings. The van der Waals surface area contributed by atoms with Crippen LogP contribution in [0.25, 0.3) is 0 Å². The summed E-state index contributed by atoms with van der Waals surface area (Å²) in [5.41, 5.74) is -6.94. The van der Waals surface area contributed by atoms with E-state index >= 15 is 0 Å². The van der Waals surface area contributed by atoms with E-state index in [1.54, 1.807) is 21.9 Å². The van der Waals surface area contributed by atoms with E-state index in [1.807, 2.05) is 13.8 Å². The van der Waals surface area contributed by atoms with Crippen LogP contribution in [0.4, 0.5) is 39.9 Å². The van der Waals surface area contributed by atoms with Crippen molar-refractivity contribution in [3.63, 3.8) is 0 Å². The van der Waals surface area contributed by atoms with E-state index in [0.29, 0.717) is 42.3 Å². The molecule has 0 saturated carbocycles. The number of alkyl halides is 7. The lowest BCUT2D eigenvalue weighted by Gasteiger charge is -2.33. The van der Waals surface area contributed by atoms with Crippen molar-refractivity contribution >= 4 is 6.03 Å². The molecule has 2 heterocycles. The molecule has 0 aromatic heterocycles. The van der Waals surface area contributed by atoms with Crippen LogP contribution in [0.2, 0.25) is 0 Å². The zero-order chi connectivity index (χ0) is 27.4. The van der Waals surface area contributed by atoms with E-state index in [1.165, 1.54) is 12.1 Å². The van der Waals surface area contributed by atoms with Crippen LogP contribution in [0.1, 0.15) is 42.9 Å². The molecule has 11 heteroatoms. The second kappa shape index (κ2) is 9.16. The number of amides is 2. The summed E-state index contributed by atoms with van der Waals surface area (Å²) in [7, 11) is 0. The fourth-order valence-corrected chi connectivity index (χ4v) is 5.48. The Bertz CT molecular complexity index is 1120. The number of hydrogen-bond acceptors (Lipinski definition) is 1. The van der Waals surface area contributed by atoms with Gasteiger partial charge in [0, 0.05) is 43.1 Å². The number of hydrogen-bond donors (Lipinski definition) is 0. The van der Waals surface area contributed by atoms with E-state index in [4.69, 9.17) is 0 Å². The number of carbonyl (C=O) groups is 1. The molecule has 2 aromatic carbocycles. The maximum absolute atomic E-state index is 14.5. The second-order valence-corrected chi connectivity index (χ2v) is 10.3. The third kappa shape index (κ3) is 4.65. The normalized spacial score (nSPS) is 25.1. The first-order valence-corrected chi connectivity index (χ1v) is 11.8. The number of urea groups is 1. The van der Waals surface area contributed by atoms with Crippen molar-refractivity contribution in [1.82, 2.24) is 9.80 Å². The molecule has 3 nitrogen and oxygen atoms in total. The molecular formula is C26H26F8N2O. The number of carbonyl (C=O) groups excluding carboxylic acids is 1. The third-order valence-corrected chi connectivity index (χ3v) is 7.65. The van der Waals surface area contributed by atoms with Gasteiger partial charge in [0.25, 0.3) is 0 Å². The largest absolute Gasteiger partial charge is 0.435 e. The predicted octanol–water partition coefficient (Wildman–Crippen LogP) is 6.93. The lowest BCUT2D eigenvalue weighted by atomic mass is 9.71. The quantitative estimate of drug-likeness (QED) is 0.392. The highest BCUT2D eigenvalue weighted by Crippen LogP contribution is 2.54. The first-order valence-electron chi connectivity index (χ1n) is 11.8. The van der Waals surface area contributed by atoms with E-state index < -0.39 is 40.7 Å². The minimum atomic E-state index is -6.21. The number of likely N-dealkylation sites (tertiary alicyclic amines) is 2. The smallest absolute Gasteiger partial charge is 0.324 e. The monoisotopic (exact) mass is 534 g/mol. The van der Waals surface area contributed by atoms with Crippen molar-refractivity contribution in [3.8, 4) is 0 Å². The summed E-state index contributed by atoms with van der Waals surface area (Å²) >= 11 is 0. The number of halogens is 8. The van der Waals surface area contributed by atoms with E-state index in [-0.39, 0.29) is 19.1 Å². The van der Waals surface area contributed by atoms with Crippen molar-refractivity contribution in [3.05, 3.63) is 71.0 Å². The van der Waals surface area contributed by atoms with Crippen LogP contribution in [0.15, 0.2) is 48.5 Å². The topological polar surface area (TPSA) is 23.6 Å². The second-order valence-electron chi connectivity index (χ2n) is 10.3. The van der Waals surface area contributed by atoms with Gasteiger partial charge in [-0.25, -0.2) is 13.6 Å². The Morgan fingerprint density at radius 2 is 1.43 bits per heavy atom. The zero-order valence-electron chi connectivity index (χ0n) is 20.1. The van der Waals surface area contributed by atoms with Gasteiger partial charge >= 0.3 is 24.1 Å². The summed E-state index contributed by atoms with van der Waals surface area (Å²) in [5, 5.41) is 0. The maximum Gasteiger partial charge on any atom is 0.435 e. The molecule has 0 N–H and O–H groups in total. The van der Waals surface area contributed by atoms with Gasteiger partial charge in [-0.05, 0) is 35.6 Å². The molecule has 2 fully saturated rings. The van der Waals surface area contributed by atoms with Gasteiger partial charge in [-0.2, -0.15) is 26.3 Å². The van der Waals surface area contributed by atoms with Gasteiger partial charge < -0.3 is 9.80 Å². The summed E-state index contributed by atoms with van der Waals surface area (Å²) in [5.74, 6) is -0.702. The molecule has 2 aliphatic heterocycles. The molecule has 2 saturated heterocycles. The van der Waals surface area contributed by atoms with E-state index in [0.717, 1.165) is 18.6 Å². The van der Waals surface area contributed by atoms with Crippen LogP contribution in [0.5, 0.6) is 0 Å². The van der Waals surface area contributed by atoms with Crippen molar-refractivity contribution in [2.45, 2.75) is 49.6 Å². The van der Waals surface area contributed by atoms with Gasteiger partial charge in [-0.15, -0.1) is 0 Å². The van der Waals surface area contributed by atoms with Crippen LogP contribution in [-0.2, 0) is 11.1 Å². The van der Waals surface area contributed by atoms with Crippen LogP contribution >= 0.6 is 0 Å². The van der Waals surface area contributed by atoms with Crippen LogP contribution in [0, 0.1) is 11.7 Å². The van der Waals surface area contributed by atoms with Crippen LogP contribution < -0.4 is 0 Å². The van der Waals surface area contributed by atoms with E-state index in [2.05, 4.69) is 0 Å². The summed E-state index contributed by atoms with van der Waals surface area (Å²) in [4.78, 5) is 16.6. The van der Waals surface area contributed by atoms with Gasteiger partial charge in [-0.3, -0.25) is 0 Å². The molecule has 0 bridgehead atoms. The Kier molecular flexibility index (Phi) is 6.73. The summed E-state index contributed by atoms with van der Waals surface area (Å²) in [6.07, 6.45) is -11.6. The van der Waals surface area contributed by atoms with Gasteiger partial charge in [0.1, 0.15) is 5.82 Å². The average molecular weight is 534 g/mol. The van der Waals surface area contributed by atoms with Gasteiger partial charge in [0.15, 0.2) is 0 Å². The summed E-state index contributed by atoms with van der Waals surface area (Å²) in [6.45, 7) is 5.33. The number of rotatable bonds is 3. The molecule has 2 amide bonds. The van der Waals surface area contributed by atoms with Crippen molar-refractivity contribution in [1.29, 1.82) is 0 Å². The Morgan fingerprint density at radius 3 is 1.92 bits per heavy atom. The Morgan fingerprint density at radius 1 is 0.865 bits per heavy atom. The minimum Gasteiger partial charge on any atom is -0.324 e. The van der Waals surface area contributed by atoms with Gasteiger partial charge in [0.2, 0.25) is 0 Å². The third-order valence-electron chi connectivity index (χ3n) is 7.65. The Balaban J connectivity index is 1.72. The summed E-state index contributed by atoms with van der Waals surface area (Å²) in [6, 6.07) is 8.44. The van der Waals surface area contributed by atoms with Crippen LogP contribution in [0.3, 0.4) is 0 Å².